The highest BCUT2D eigenvalue weighted by molar-refractivity contribution is 5.42. The van der Waals surface area contributed by atoms with E-state index in [9.17, 15) is 0 Å². The molecule has 0 spiro atoms. The molecule has 2 atom stereocenters. The molecule has 0 amide bonds. The molecule has 0 aromatic carbocycles. The van der Waals surface area contributed by atoms with Crippen LogP contribution in [0.5, 0.6) is 0 Å². The average Bonchev–Trinajstić information content (AvgIpc) is 2.37. The van der Waals surface area contributed by atoms with E-state index in [2.05, 4.69) is 36.7 Å². The smallest absolute Gasteiger partial charge is 0.133 e. The highest BCUT2D eigenvalue weighted by Crippen LogP contribution is 2.26. The van der Waals surface area contributed by atoms with Crippen LogP contribution < -0.4 is 10.6 Å². The summed E-state index contributed by atoms with van der Waals surface area (Å²) >= 11 is 0. The van der Waals surface area contributed by atoms with E-state index in [1.54, 1.807) is 0 Å². The van der Waals surface area contributed by atoms with Gasteiger partial charge in [-0.2, -0.15) is 0 Å². The largest absolute Gasteiger partial charge is 0.352 e. The van der Waals surface area contributed by atoms with E-state index >= 15 is 0 Å². The summed E-state index contributed by atoms with van der Waals surface area (Å²) in [5.41, 5.74) is 7.19. The van der Waals surface area contributed by atoms with E-state index in [0.29, 0.717) is 12.0 Å². The summed E-state index contributed by atoms with van der Waals surface area (Å²) in [7, 11) is 0. The van der Waals surface area contributed by atoms with E-state index in [1.807, 2.05) is 6.92 Å². The predicted molar refractivity (Wildman–Crippen MR) is 79.5 cm³/mol. The van der Waals surface area contributed by atoms with Crippen molar-refractivity contribution in [2.24, 2.45) is 5.73 Å². The molecule has 0 aliphatic carbocycles. The van der Waals surface area contributed by atoms with Crippen molar-refractivity contribution < 1.29 is 0 Å². The van der Waals surface area contributed by atoms with Gasteiger partial charge in [0.25, 0.3) is 0 Å². The van der Waals surface area contributed by atoms with E-state index in [1.165, 1.54) is 12.8 Å². The second-order valence-corrected chi connectivity index (χ2v) is 6.00. The van der Waals surface area contributed by atoms with Crippen LogP contribution in [0.3, 0.4) is 0 Å². The molecule has 2 N–H and O–H groups in total. The van der Waals surface area contributed by atoms with Gasteiger partial charge in [0.2, 0.25) is 0 Å². The van der Waals surface area contributed by atoms with Crippen LogP contribution in [-0.4, -0.2) is 28.6 Å². The van der Waals surface area contributed by atoms with Crippen LogP contribution in [0.25, 0.3) is 0 Å². The molecule has 1 aromatic heterocycles. The fraction of sp³-hybridized carbons (Fsp3) is 0.733. The van der Waals surface area contributed by atoms with Gasteiger partial charge in [-0.3, -0.25) is 0 Å². The molecule has 1 aliphatic heterocycles. The van der Waals surface area contributed by atoms with E-state index < -0.39 is 0 Å². The number of piperidine rings is 1. The van der Waals surface area contributed by atoms with Gasteiger partial charge in [0, 0.05) is 36.3 Å². The zero-order valence-electron chi connectivity index (χ0n) is 12.6. The first-order valence-electron chi connectivity index (χ1n) is 7.37. The molecule has 2 rings (SSSR count). The summed E-state index contributed by atoms with van der Waals surface area (Å²) in [6.07, 6.45) is 3.66. The number of nitrogens with two attached hydrogens (primary N) is 1. The predicted octanol–water partition coefficient (Wildman–Crippen LogP) is 2.61. The molecule has 2 heterocycles. The molecule has 1 aliphatic rings. The third kappa shape index (κ3) is 3.24. The number of nitrogens with zero attached hydrogens (tertiary/aromatic N) is 3. The van der Waals surface area contributed by atoms with Gasteiger partial charge in [-0.15, -0.1) is 0 Å². The molecule has 0 radical (unpaired) electrons. The van der Waals surface area contributed by atoms with E-state index in [4.69, 9.17) is 10.7 Å². The lowest BCUT2D eigenvalue weighted by molar-refractivity contribution is 0.410. The Morgan fingerprint density at radius 3 is 2.63 bits per heavy atom. The monoisotopic (exact) mass is 262 g/mol. The molecular formula is C15H26N4. The lowest BCUT2D eigenvalue weighted by Gasteiger charge is -2.39. The lowest BCUT2D eigenvalue weighted by Crippen LogP contribution is -2.49. The normalized spacial score (nSPS) is 21.8. The Labute approximate surface area is 116 Å². The second-order valence-electron chi connectivity index (χ2n) is 6.00. The van der Waals surface area contributed by atoms with Gasteiger partial charge in [0.05, 0.1) is 0 Å². The second kappa shape index (κ2) is 5.87. The fourth-order valence-electron chi connectivity index (χ4n) is 2.77. The number of hydrogen-bond acceptors (Lipinski definition) is 4. The Hall–Kier alpha value is -1.16. The third-order valence-corrected chi connectivity index (χ3v) is 3.82. The summed E-state index contributed by atoms with van der Waals surface area (Å²) in [4.78, 5) is 11.7. The Morgan fingerprint density at radius 2 is 2.00 bits per heavy atom. The maximum Gasteiger partial charge on any atom is 0.133 e. The maximum atomic E-state index is 6.15. The first-order chi connectivity index (χ1) is 8.99. The van der Waals surface area contributed by atoms with Crippen molar-refractivity contribution in [2.45, 2.75) is 65.0 Å². The van der Waals surface area contributed by atoms with E-state index in [-0.39, 0.29) is 6.04 Å². The number of hydrogen-bond donors (Lipinski definition) is 1. The molecule has 1 saturated heterocycles. The molecule has 4 nitrogen and oxygen atoms in total. The molecule has 4 heteroatoms. The van der Waals surface area contributed by atoms with Crippen molar-refractivity contribution in [3.63, 3.8) is 0 Å². The standard InChI is InChI=1S/C15H26N4/c1-10(2)15-17-11(3)9-14(18-15)19-8-6-5-7-13(19)12(4)16/h9-10,12-13H,5-8,16H2,1-4H3. The van der Waals surface area contributed by atoms with Crippen molar-refractivity contribution >= 4 is 5.82 Å². The van der Waals surface area contributed by atoms with Gasteiger partial charge in [0.1, 0.15) is 11.6 Å². The minimum absolute atomic E-state index is 0.179. The molecular weight excluding hydrogens is 236 g/mol. The number of rotatable bonds is 3. The first-order valence-corrected chi connectivity index (χ1v) is 7.37. The third-order valence-electron chi connectivity index (χ3n) is 3.82. The summed E-state index contributed by atoms with van der Waals surface area (Å²) in [5.74, 6) is 2.35. The molecule has 19 heavy (non-hydrogen) atoms. The van der Waals surface area contributed by atoms with Gasteiger partial charge < -0.3 is 10.6 Å². The Kier molecular flexibility index (Phi) is 4.40. The number of anilines is 1. The average molecular weight is 262 g/mol. The SMILES string of the molecule is Cc1cc(N2CCCCC2C(C)N)nc(C(C)C)n1. The van der Waals surface area contributed by atoms with E-state index in [0.717, 1.165) is 30.3 Å². The fourth-order valence-corrected chi connectivity index (χ4v) is 2.77. The first kappa shape index (κ1) is 14.3. The summed E-state index contributed by atoms with van der Waals surface area (Å²) in [5, 5.41) is 0. The quantitative estimate of drug-likeness (QED) is 0.909. The zero-order chi connectivity index (χ0) is 14.0. The Balaban J connectivity index is 2.33. The summed E-state index contributed by atoms with van der Waals surface area (Å²) in [6, 6.07) is 2.67. The number of aryl methyl sites for hydroxylation is 1. The Morgan fingerprint density at radius 1 is 1.26 bits per heavy atom. The van der Waals surface area contributed by atoms with Crippen LogP contribution in [0.4, 0.5) is 5.82 Å². The molecule has 1 aromatic rings. The molecule has 0 bridgehead atoms. The van der Waals surface area contributed by atoms with Crippen LogP contribution >= 0.6 is 0 Å². The van der Waals surface area contributed by atoms with Gasteiger partial charge in [-0.05, 0) is 33.1 Å². The molecule has 106 valence electrons. The summed E-state index contributed by atoms with van der Waals surface area (Å²) < 4.78 is 0. The molecule has 1 fully saturated rings. The molecule has 0 saturated carbocycles. The van der Waals surface area contributed by atoms with Crippen LogP contribution in [0.2, 0.25) is 0 Å². The van der Waals surface area contributed by atoms with Gasteiger partial charge in [-0.1, -0.05) is 13.8 Å². The van der Waals surface area contributed by atoms with Gasteiger partial charge in [0.15, 0.2) is 0 Å². The van der Waals surface area contributed by atoms with Gasteiger partial charge in [-0.25, -0.2) is 9.97 Å². The minimum Gasteiger partial charge on any atom is -0.352 e. The minimum atomic E-state index is 0.179. The molecule has 2 unspecified atom stereocenters. The zero-order valence-corrected chi connectivity index (χ0v) is 12.6. The van der Waals surface area contributed by atoms with Gasteiger partial charge >= 0.3 is 0 Å². The van der Waals surface area contributed by atoms with Crippen LogP contribution in [-0.2, 0) is 0 Å². The highest BCUT2D eigenvalue weighted by Gasteiger charge is 2.27. The van der Waals surface area contributed by atoms with Crippen molar-refractivity contribution in [2.75, 3.05) is 11.4 Å². The van der Waals surface area contributed by atoms with Crippen LogP contribution in [0, 0.1) is 6.92 Å². The maximum absolute atomic E-state index is 6.15. The van der Waals surface area contributed by atoms with Crippen LogP contribution in [0.15, 0.2) is 6.07 Å². The van der Waals surface area contributed by atoms with Crippen molar-refractivity contribution in [1.29, 1.82) is 0 Å². The van der Waals surface area contributed by atoms with Crippen molar-refractivity contribution in [1.82, 2.24) is 9.97 Å². The van der Waals surface area contributed by atoms with Crippen molar-refractivity contribution in [3.05, 3.63) is 17.6 Å². The topological polar surface area (TPSA) is 55.0 Å². The highest BCUT2D eigenvalue weighted by atomic mass is 15.2. The summed E-state index contributed by atoms with van der Waals surface area (Å²) in [6.45, 7) is 9.47. The van der Waals surface area contributed by atoms with Crippen LogP contribution in [0.1, 0.15) is 57.5 Å². The Bertz CT molecular complexity index is 428. The lowest BCUT2D eigenvalue weighted by atomic mass is 9.97. The number of aromatic nitrogens is 2. The van der Waals surface area contributed by atoms with Crippen molar-refractivity contribution in [3.8, 4) is 0 Å².